The fourth-order valence-electron chi connectivity index (χ4n) is 2.52. The molecule has 0 amide bonds. The third-order valence-electron chi connectivity index (χ3n) is 3.52. The summed E-state index contributed by atoms with van der Waals surface area (Å²) >= 11 is -1.93. The molecule has 0 spiro atoms. The monoisotopic (exact) mass is 268 g/mol. The molecule has 1 aromatic carbocycles. The second kappa shape index (κ2) is 5.63. The van der Waals surface area contributed by atoms with Gasteiger partial charge in [-0.25, -0.2) is 4.21 Å². The summed E-state index contributed by atoms with van der Waals surface area (Å²) in [6, 6.07) is 7.06. The number of benzene rings is 1. The van der Waals surface area contributed by atoms with Crippen molar-refractivity contribution in [1.82, 2.24) is 0 Å². The average molecular weight is 268 g/mol. The Morgan fingerprint density at radius 1 is 1.33 bits per heavy atom. The number of esters is 1. The molecule has 18 heavy (non-hydrogen) atoms. The third kappa shape index (κ3) is 2.79. The Balaban J connectivity index is 2.05. The van der Waals surface area contributed by atoms with Crippen LogP contribution in [0.4, 0.5) is 0 Å². The van der Waals surface area contributed by atoms with Crippen LogP contribution in [0.1, 0.15) is 30.7 Å². The quantitative estimate of drug-likeness (QED) is 0.675. The number of hydrogen-bond donors (Lipinski definition) is 1. The molecule has 1 fully saturated rings. The van der Waals surface area contributed by atoms with E-state index in [4.69, 9.17) is 9.29 Å². The van der Waals surface area contributed by atoms with E-state index in [1.807, 2.05) is 12.1 Å². The van der Waals surface area contributed by atoms with E-state index in [9.17, 15) is 9.00 Å². The molecule has 0 bridgehead atoms. The molecule has 0 radical (unpaired) electrons. The lowest BCUT2D eigenvalue weighted by Crippen LogP contribution is -2.12. The summed E-state index contributed by atoms with van der Waals surface area (Å²) in [6.45, 7) is 0. The molecule has 1 saturated carbocycles. The molecule has 98 valence electrons. The van der Waals surface area contributed by atoms with Gasteiger partial charge in [-0.15, -0.1) is 0 Å². The zero-order valence-electron chi connectivity index (χ0n) is 10.2. The van der Waals surface area contributed by atoms with Gasteiger partial charge in [0, 0.05) is 0 Å². The van der Waals surface area contributed by atoms with Crippen LogP contribution in [0, 0.1) is 5.92 Å². The van der Waals surface area contributed by atoms with Crippen LogP contribution in [0.25, 0.3) is 0 Å². The van der Waals surface area contributed by atoms with Crippen LogP contribution >= 0.6 is 0 Å². The number of rotatable bonds is 3. The van der Waals surface area contributed by atoms with Gasteiger partial charge in [-0.05, 0) is 42.9 Å². The van der Waals surface area contributed by atoms with Gasteiger partial charge < -0.3 is 9.29 Å². The summed E-state index contributed by atoms with van der Waals surface area (Å²) in [5, 5.41) is 0. The molecule has 0 heterocycles. The van der Waals surface area contributed by atoms with Crippen LogP contribution in [0.3, 0.4) is 0 Å². The first-order valence-electron chi connectivity index (χ1n) is 5.90. The normalized spacial score (nSPS) is 24.8. The number of methoxy groups -OCH3 is 1. The zero-order chi connectivity index (χ0) is 13.1. The van der Waals surface area contributed by atoms with E-state index in [2.05, 4.69) is 0 Å². The van der Waals surface area contributed by atoms with Gasteiger partial charge in [0.05, 0.1) is 17.9 Å². The number of carbonyl (C=O) groups is 1. The van der Waals surface area contributed by atoms with E-state index < -0.39 is 11.1 Å². The van der Waals surface area contributed by atoms with Crippen LogP contribution in [0.5, 0.6) is 0 Å². The predicted octanol–water partition coefficient (Wildman–Crippen LogP) is 2.32. The maximum Gasteiger partial charge on any atom is 0.308 e. The Morgan fingerprint density at radius 3 is 2.56 bits per heavy atom. The van der Waals surface area contributed by atoms with Crippen LogP contribution in [0.15, 0.2) is 29.2 Å². The van der Waals surface area contributed by atoms with Gasteiger partial charge in [-0.1, -0.05) is 12.1 Å². The summed E-state index contributed by atoms with van der Waals surface area (Å²) in [6.07, 6.45) is 2.61. The summed E-state index contributed by atoms with van der Waals surface area (Å²) in [5.41, 5.74) is 1.12. The van der Waals surface area contributed by atoms with Gasteiger partial charge >= 0.3 is 5.97 Å². The first kappa shape index (κ1) is 13.2. The fourth-order valence-corrected chi connectivity index (χ4v) is 2.89. The van der Waals surface area contributed by atoms with Gasteiger partial charge in [0.1, 0.15) is 0 Å². The van der Waals surface area contributed by atoms with Crippen molar-refractivity contribution in [2.75, 3.05) is 7.11 Å². The highest BCUT2D eigenvalue weighted by Crippen LogP contribution is 2.38. The Kier molecular flexibility index (Phi) is 4.14. The maximum atomic E-state index is 11.4. The van der Waals surface area contributed by atoms with Gasteiger partial charge in [-0.3, -0.25) is 4.79 Å². The number of ether oxygens (including phenoxy) is 1. The zero-order valence-corrected chi connectivity index (χ0v) is 11.0. The van der Waals surface area contributed by atoms with Gasteiger partial charge in [0.2, 0.25) is 0 Å². The van der Waals surface area contributed by atoms with Crippen LogP contribution < -0.4 is 0 Å². The Morgan fingerprint density at radius 2 is 2.00 bits per heavy atom. The second-order valence-electron chi connectivity index (χ2n) is 4.55. The highest BCUT2D eigenvalue weighted by atomic mass is 32.2. The second-order valence-corrected chi connectivity index (χ2v) is 5.52. The highest BCUT2D eigenvalue weighted by Gasteiger charge is 2.31. The minimum absolute atomic E-state index is 0.00773. The summed E-state index contributed by atoms with van der Waals surface area (Å²) in [5.74, 6) is 0.201. The van der Waals surface area contributed by atoms with Crippen LogP contribution in [0.2, 0.25) is 0 Å². The lowest BCUT2D eigenvalue weighted by molar-refractivity contribution is -0.145. The van der Waals surface area contributed by atoms with Crippen molar-refractivity contribution in [3.05, 3.63) is 29.8 Å². The van der Waals surface area contributed by atoms with Crippen molar-refractivity contribution >= 4 is 17.0 Å². The molecule has 1 N–H and O–H groups in total. The van der Waals surface area contributed by atoms with E-state index >= 15 is 0 Å². The van der Waals surface area contributed by atoms with Gasteiger partial charge in [-0.2, -0.15) is 0 Å². The SMILES string of the molecule is COC(=O)C1CCC(c2ccc(S(=O)O)cc2)C1. The lowest BCUT2D eigenvalue weighted by Gasteiger charge is -2.10. The molecule has 4 nitrogen and oxygen atoms in total. The number of carbonyl (C=O) groups excluding carboxylic acids is 1. The molecular weight excluding hydrogens is 252 g/mol. The van der Waals surface area contributed by atoms with E-state index in [0.717, 1.165) is 24.8 Å². The molecule has 1 aliphatic rings. The topological polar surface area (TPSA) is 63.6 Å². The van der Waals surface area contributed by atoms with E-state index in [0.29, 0.717) is 10.8 Å². The third-order valence-corrected chi connectivity index (χ3v) is 4.20. The number of hydrogen-bond acceptors (Lipinski definition) is 3. The van der Waals surface area contributed by atoms with Crippen molar-refractivity contribution in [3.8, 4) is 0 Å². The molecule has 3 unspecified atom stereocenters. The highest BCUT2D eigenvalue weighted by molar-refractivity contribution is 7.79. The molecule has 1 aliphatic carbocycles. The van der Waals surface area contributed by atoms with Crippen molar-refractivity contribution in [1.29, 1.82) is 0 Å². The van der Waals surface area contributed by atoms with Gasteiger partial charge in [0.25, 0.3) is 0 Å². The molecule has 1 aromatic rings. The Bertz CT molecular complexity index is 455. The minimum Gasteiger partial charge on any atom is -0.469 e. The maximum absolute atomic E-state index is 11.4. The summed E-state index contributed by atoms with van der Waals surface area (Å²) < 4.78 is 24.6. The molecule has 5 heteroatoms. The van der Waals surface area contributed by atoms with Crippen LogP contribution in [-0.4, -0.2) is 21.8 Å². The first-order chi connectivity index (χ1) is 8.61. The predicted molar refractivity (Wildman–Crippen MR) is 67.6 cm³/mol. The van der Waals surface area contributed by atoms with Crippen molar-refractivity contribution in [2.24, 2.45) is 5.92 Å². The van der Waals surface area contributed by atoms with E-state index in [1.54, 1.807) is 12.1 Å². The molecule has 0 aromatic heterocycles. The lowest BCUT2D eigenvalue weighted by atomic mass is 9.96. The van der Waals surface area contributed by atoms with Crippen LogP contribution in [-0.2, 0) is 20.6 Å². The summed E-state index contributed by atoms with van der Waals surface area (Å²) in [4.78, 5) is 11.8. The first-order valence-corrected chi connectivity index (χ1v) is 7.01. The smallest absolute Gasteiger partial charge is 0.308 e. The largest absolute Gasteiger partial charge is 0.469 e. The van der Waals surface area contributed by atoms with Gasteiger partial charge in [0.15, 0.2) is 11.1 Å². The van der Waals surface area contributed by atoms with Crippen molar-refractivity contribution in [3.63, 3.8) is 0 Å². The Labute approximate surface area is 109 Å². The summed E-state index contributed by atoms with van der Waals surface area (Å²) in [7, 11) is 1.42. The molecule has 2 rings (SSSR count). The molecule has 3 atom stereocenters. The fraction of sp³-hybridized carbons (Fsp3) is 0.462. The van der Waals surface area contributed by atoms with Crippen molar-refractivity contribution in [2.45, 2.75) is 30.1 Å². The standard InChI is InChI=1S/C13H16O4S/c1-17-13(14)11-3-2-10(8-11)9-4-6-12(7-5-9)18(15)16/h4-7,10-11H,2-3,8H2,1H3,(H,15,16). The molecule has 0 saturated heterocycles. The minimum atomic E-state index is -1.93. The Hall–Kier alpha value is -1.20. The molecular formula is C13H16O4S. The average Bonchev–Trinajstić information content (AvgIpc) is 2.87. The van der Waals surface area contributed by atoms with Crippen molar-refractivity contribution < 1.29 is 18.3 Å². The van der Waals surface area contributed by atoms with E-state index in [-0.39, 0.29) is 11.9 Å². The van der Waals surface area contributed by atoms with E-state index in [1.165, 1.54) is 7.11 Å². The molecule has 0 aliphatic heterocycles.